The first-order valence-electron chi connectivity index (χ1n) is 23.8. The smallest absolute Gasteiger partial charge is 0.338 e. The molecule has 0 unspecified atom stereocenters. The lowest BCUT2D eigenvalue weighted by Crippen LogP contribution is -2.57. The summed E-state index contributed by atoms with van der Waals surface area (Å²) in [4.78, 5) is 73.9. The van der Waals surface area contributed by atoms with Gasteiger partial charge in [0.05, 0.1) is 23.0 Å². The number of carbonyl (C=O) groups excluding carboxylic acids is 5. The molecule has 4 saturated carbocycles. The standard InChI is InChI=1S/C56H55N3O7/c60-51(58-41-26-39(54(63)65-31-34-12-3-1-4-13-34)25-40(27-41)55(64)66-32-35-14-5-2-6-15-35)46-20-11-21-59(46)53(62)50-48-44-18-9-7-16-42(44)47(43-17-8-10-19-45(43)48)49(50)52(61)57-33-56-28-36-22-37(29-56)24-38(23-36)30-56/h1-10,12-19,25-27,36-38,46-50H,11,20-24,28-33H2,(H,57,61)(H,58,60)/t36?,37?,38?,46-,47?,48?,49+,50-,56?/m0/s1. The van der Waals surface area contributed by atoms with Gasteiger partial charge in [0, 0.05) is 30.6 Å². The number of fused-ring (bicyclic) bond motifs is 1. The molecule has 1 saturated heterocycles. The molecule has 5 fully saturated rings. The number of esters is 2. The Morgan fingerprint density at radius 2 is 1.05 bits per heavy atom. The van der Waals surface area contributed by atoms with Gasteiger partial charge in [-0.1, -0.05) is 109 Å². The van der Waals surface area contributed by atoms with Gasteiger partial charge in [-0.25, -0.2) is 9.59 Å². The van der Waals surface area contributed by atoms with E-state index in [1.54, 1.807) is 4.90 Å². The molecule has 66 heavy (non-hydrogen) atoms. The lowest BCUT2D eigenvalue weighted by molar-refractivity contribution is -0.147. The van der Waals surface area contributed by atoms with E-state index in [0.717, 1.165) is 51.1 Å². The van der Waals surface area contributed by atoms with Crippen LogP contribution in [0.25, 0.3) is 0 Å². The lowest BCUT2D eigenvalue weighted by Gasteiger charge is -2.57. The Labute approximate surface area is 385 Å². The van der Waals surface area contributed by atoms with E-state index >= 15 is 9.59 Å². The molecule has 7 aliphatic carbocycles. The molecule has 10 nitrogen and oxygen atoms in total. The van der Waals surface area contributed by atoms with Crippen molar-refractivity contribution in [2.24, 2.45) is 35.0 Å². The van der Waals surface area contributed by atoms with Crippen molar-refractivity contribution in [3.63, 3.8) is 0 Å². The number of hydrogen-bond acceptors (Lipinski definition) is 7. The zero-order valence-corrected chi connectivity index (χ0v) is 37.0. The SMILES string of the molecule is O=C(OCc1ccccc1)c1cc(NC(=O)[C@@H]2CCCN2C(=O)[C@H]2C3c4ccccc4C(c4ccccc43)[C@H]2C(=O)NCC23CC4CC(CC(C4)C2)C3)cc(C(=O)OCc2ccccc2)c1. The monoisotopic (exact) mass is 881 g/mol. The topological polar surface area (TPSA) is 131 Å². The number of likely N-dealkylation sites (tertiary alicyclic amines) is 1. The fourth-order valence-electron chi connectivity index (χ4n) is 13.5. The van der Waals surface area contributed by atoms with Crippen LogP contribution < -0.4 is 10.6 Å². The minimum atomic E-state index is -0.846. The summed E-state index contributed by atoms with van der Waals surface area (Å²) < 4.78 is 11.3. The molecule has 0 spiro atoms. The summed E-state index contributed by atoms with van der Waals surface area (Å²) in [5.74, 6) is -1.88. The quantitative estimate of drug-likeness (QED) is 0.120. The van der Waals surface area contributed by atoms with Crippen molar-refractivity contribution in [2.75, 3.05) is 18.4 Å². The molecule has 5 aromatic rings. The van der Waals surface area contributed by atoms with Gasteiger partial charge in [-0.15, -0.1) is 0 Å². The summed E-state index contributed by atoms with van der Waals surface area (Å²) in [6, 6.07) is 38.6. The summed E-state index contributed by atoms with van der Waals surface area (Å²) in [6.45, 7) is 1.03. The zero-order chi connectivity index (χ0) is 44.9. The summed E-state index contributed by atoms with van der Waals surface area (Å²) in [5.41, 5.74) is 6.35. The van der Waals surface area contributed by atoms with Gasteiger partial charge in [0.2, 0.25) is 17.7 Å². The van der Waals surface area contributed by atoms with Gasteiger partial charge in [-0.05, 0) is 126 Å². The Hall–Kier alpha value is -6.55. The van der Waals surface area contributed by atoms with Crippen LogP contribution in [-0.2, 0) is 37.1 Å². The molecule has 6 bridgehead atoms. The third-order valence-corrected chi connectivity index (χ3v) is 15.8. The Morgan fingerprint density at radius 1 is 0.576 bits per heavy atom. The van der Waals surface area contributed by atoms with Crippen molar-refractivity contribution < 1.29 is 33.4 Å². The van der Waals surface area contributed by atoms with Crippen LogP contribution in [0.5, 0.6) is 0 Å². The number of amides is 3. The van der Waals surface area contributed by atoms with Crippen LogP contribution in [-0.4, -0.2) is 53.7 Å². The van der Waals surface area contributed by atoms with Crippen molar-refractivity contribution in [1.29, 1.82) is 0 Å². The van der Waals surface area contributed by atoms with E-state index in [2.05, 4.69) is 34.9 Å². The molecule has 2 N–H and O–H groups in total. The van der Waals surface area contributed by atoms with E-state index in [1.807, 2.05) is 84.9 Å². The number of nitrogens with zero attached hydrogens (tertiary/aromatic N) is 1. The molecule has 10 heteroatoms. The van der Waals surface area contributed by atoms with Gasteiger partial charge in [0.1, 0.15) is 19.3 Å². The van der Waals surface area contributed by atoms with E-state index in [4.69, 9.17) is 9.47 Å². The number of hydrogen-bond donors (Lipinski definition) is 2. The summed E-state index contributed by atoms with van der Waals surface area (Å²) in [5, 5.41) is 6.46. The van der Waals surface area contributed by atoms with Crippen molar-refractivity contribution in [1.82, 2.24) is 10.2 Å². The largest absolute Gasteiger partial charge is 0.457 e. The van der Waals surface area contributed by atoms with Crippen LogP contribution in [0.4, 0.5) is 5.69 Å². The van der Waals surface area contributed by atoms with Gasteiger partial charge in [0.15, 0.2) is 0 Å². The molecule has 1 heterocycles. The molecule has 0 radical (unpaired) electrons. The highest BCUT2D eigenvalue weighted by molar-refractivity contribution is 6.02. The number of ether oxygens (including phenoxy) is 2. The van der Waals surface area contributed by atoms with Crippen molar-refractivity contribution in [3.05, 3.63) is 172 Å². The number of nitrogens with one attached hydrogen (secondary N) is 2. The molecule has 1 aliphatic heterocycles. The van der Waals surface area contributed by atoms with Crippen LogP contribution in [0.15, 0.2) is 127 Å². The molecule has 3 atom stereocenters. The first kappa shape index (κ1) is 42.1. The molecule has 5 aromatic carbocycles. The van der Waals surface area contributed by atoms with Crippen molar-refractivity contribution in [3.8, 4) is 0 Å². The fraction of sp³-hybridized carbons (Fsp3) is 0.375. The molecule has 336 valence electrons. The molecular weight excluding hydrogens is 827 g/mol. The van der Waals surface area contributed by atoms with Crippen molar-refractivity contribution >= 4 is 35.3 Å². The number of rotatable bonds is 12. The van der Waals surface area contributed by atoms with E-state index in [-0.39, 0.29) is 59.1 Å². The summed E-state index contributed by atoms with van der Waals surface area (Å²) >= 11 is 0. The van der Waals surface area contributed by atoms with Gasteiger partial charge in [-0.2, -0.15) is 0 Å². The average molecular weight is 882 g/mol. The Morgan fingerprint density at radius 3 is 1.55 bits per heavy atom. The first-order valence-corrected chi connectivity index (χ1v) is 23.8. The molecule has 3 amide bonds. The van der Waals surface area contributed by atoms with Crippen LogP contribution in [0, 0.1) is 35.0 Å². The Bertz CT molecular complexity index is 2540. The molecule has 0 aromatic heterocycles. The second kappa shape index (κ2) is 17.3. The van der Waals surface area contributed by atoms with E-state index < -0.39 is 35.7 Å². The summed E-state index contributed by atoms with van der Waals surface area (Å²) in [6.07, 6.45) is 8.49. The maximum atomic E-state index is 15.5. The second-order valence-corrected chi connectivity index (χ2v) is 20.0. The van der Waals surface area contributed by atoms with Crippen LogP contribution >= 0.6 is 0 Å². The van der Waals surface area contributed by atoms with E-state index in [1.165, 1.54) is 56.7 Å². The third-order valence-electron chi connectivity index (χ3n) is 15.8. The number of benzene rings is 5. The number of anilines is 1. The molecule has 8 aliphatic rings. The molecule has 13 rings (SSSR count). The predicted molar refractivity (Wildman–Crippen MR) is 248 cm³/mol. The van der Waals surface area contributed by atoms with Gasteiger partial charge < -0.3 is 25.0 Å². The lowest BCUT2D eigenvalue weighted by atomic mass is 9.49. The van der Waals surface area contributed by atoms with Gasteiger partial charge >= 0.3 is 11.9 Å². The minimum absolute atomic E-state index is 0.0163. The Kier molecular flexibility index (Phi) is 11.1. The maximum Gasteiger partial charge on any atom is 0.338 e. The van der Waals surface area contributed by atoms with Gasteiger partial charge in [0.25, 0.3) is 0 Å². The number of carbonyl (C=O) groups is 5. The summed E-state index contributed by atoms with van der Waals surface area (Å²) in [7, 11) is 0. The van der Waals surface area contributed by atoms with E-state index in [0.29, 0.717) is 25.9 Å². The van der Waals surface area contributed by atoms with Crippen LogP contribution in [0.1, 0.15) is 117 Å². The first-order chi connectivity index (χ1) is 32.2. The normalized spacial score (nSPS) is 27.4. The highest BCUT2D eigenvalue weighted by atomic mass is 16.5. The Balaban J connectivity index is 0.873. The third kappa shape index (κ3) is 7.88. The minimum Gasteiger partial charge on any atom is -0.457 e. The van der Waals surface area contributed by atoms with Crippen LogP contribution in [0.2, 0.25) is 0 Å². The van der Waals surface area contributed by atoms with E-state index in [9.17, 15) is 14.4 Å². The fourth-order valence-corrected chi connectivity index (χ4v) is 13.5. The molecular formula is C56H55N3O7. The highest BCUT2D eigenvalue weighted by Crippen LogP contribution is 2.61. The van der Waals surface area contributed by atoms with Crippen LogP contribution in [0.3, 0.4) is 0 Å². The highest BCUT2D eigenvalue weighted by Gasteiger charge is 2.58. The average Bonchev–Trinajstić information content (AvgIpc) is 3.84. The van der Waals surface area contributed by atoms with Gasteiger partial charge in [-0.3, -0.25) is 14.4 Å². The second-order valence-electron chi connectivity index (χ2n) is 20.0. The maximum absolute atomic E-state index is 15.5. The zero-order valence-electron chi connectivity index (χ0n) is 37.0. The predicted octanol–water partition coefficient (Wildman–Crippen LogP) is 9.19. The van der Waals surface area contributed by atoms with Crippen molar-refractivity contribution in [2.45, 2.75) is 82.5 Å².